The highest BCUT2D eigenvalue weighted by atomic mass is 19.4. The molecule has 2 aromatic rings. The van der Waals surface area contributed by atoms with Gasteiger partial charge in [-0.25, -0.2) is 4.99 Å². The number of nitrogens with one attached hydrogen (secondary N) is 1. The number of piperazine rings is 1. The van der Waals surface area contributed by atoms with E-state index in [-0.39, 0.29) is 5.75 Å². The number of benzene rings is 2. The van der Waals surface area contributed by atoms with Gasteiger partial charge in [0.15, 0.2) is 5.75 Å². The zero-order valence-corrected chi connectivity index (χ0v) is 14.2. The lowest BCUT2D eigenvalue weighted by Gasteiger charge is -2.34. The van der Waals surface area contributed by atoms with Gasteiger partial charge in [-0.3, -0.25) is 0 Å². The highest BCUT2D eigenvalue weighted by molar-refractivity contribution is 6.03. The third-order valence-electron chi connectivity index (χ3n) is 4.53. The number of halogens is 3. The van der Waals surface area contributed by atoms with Crippen LogP contribution in [0.25, 0.3) is 0 Å². The lowest BCUT2D eigenvalue weighted by molar-refractivity contribution is -0.137. The molecule has 4 rings (SSSR count). The molecule has 1 fully saturated rings. The maximum atomic E-state index is 13.1. The Labute approximate surface area is 149 Å². The van der Waals surface area contributed by atoms with Gasteiger partial charge in [0.1, 0.15) is 17.3 Å². The van der Waals surface area contributed by atoms with Crippen LogP contribution in [0, 0.1) is 0 Å². The maximum Gasteiger partial charge on any atom is 0.416 e. The number of rotatable bonds is 0. The molecule has 1 N–H and O–H groups in total. The van der Waals surface area contributed by atoms with Crippen molar-refractivity contribution < 1.29 is 17.9 Å². The SMILES string of the molecule is CC1CN(C2=Nc3ccc(C(F)(F)F)cc3Oc3ccccc32)CCN1. The summed E-state index contributed by atoms with van der Waals surface area (Å²) < 4.78 is 45.0. The number of fused-ring (bicyclic) bond motifs is 2. The zero-order valence-electron chi connectivity index (χ0n) is 14.2. The molecule has 1 saturated heterocycles. The summed E-state index contributed by atoms with van der Waals surface area (Å²) in [4.78, 5) is 6.83. The lowest BCUT2D eigenvalue weighted by Crippen LogP contribution is -2.51. The molecule has 0 aliphatic carbocycles. The summed E-state index contributed by atoms with van der Waals surface area (Å²) in [5.74, 6) is 1.36. The van der Waals surface area contributed by atoms with Crippen LogP contribution in [0.15, 0.2) is 47.5 Å². The number of aliphatic imine (C=N–C) groups is 1. The summed E-state index contributed by atoms with van der Waals surface area (Å²) >= 11 is 0. The van der Waals surface area contributed by atoms with E-state index in [0.717, 1.165) is 43.2 Å². The standard InChI is InChI=1S/C19H18F3N3O/c1-12-11-25(9-8-23-12)18-14-4-2-3-5-16(14)26-17-10-13(19(20,21)22)6-7-15(17)24-18/h2-7,10,12,23H,8-9,11H2,1H3. The van der Waals surface area contributed by atoms with E-state index in [2.05, 4.69) is 22.1 Å². The summed E-state index contributed by atoms with van der Waals surface area (Å²) in [5, 5.41) is 3.38. The molecule has 0 aromatic heterocycles. The fourth-order valence-corrected chi connectivity index (χ4v) is 3.26. The van der Waals surface area contributed by atoms with Gasteiger partial charge in [-0.2, -0.15) is 13.2 Å². The third kappa shape index (κ3) is 3.14. The second-order valence-corrected chi connectivity index (χ2v) is 6.52. The van der Waals surface area contributed by atoms with Crippen molar-refractivity contribution in [2.45, 2.75) is 19.1 Å². The van der Waals surface area contributed by atoms with Crippen LogP contribution < -0.4 is 10.1 Å². The van der Waals surface area contributed by atoms with Crippen molar-refractivity contribution in [2.75, 3.05) is 19.6 Å². The van der Waals surface area contributed by atoms with Crippen LogP contribution in [0.2, 0.25) is 0 Å². The molecule has 2 heterocycles. The minimum atomic E-state index is -4.43. The van der Waals surface area contributed by atoms with Gasteiger partial charge in [0.2, 0.25) is 0 Å². The van der Waals surface area contributed by atoms with Gasteiger partial charge in [0.25, 0.3) is 0 Å². The van der Waals surface area contributed by atoms with E-state index in [9.17, 15) is 13.2 Å². The summed E-state index contributed by atoms with van der Waals surface area (Å²) in [6.07, 6.45) is -4.43. The van der Waals surface area contributed by atoms with Crippen molar-refractivity contribution >= 4 is 11.5 Å². The maximum absolute atomic E-state index is 13.1. The van der Waals surface area contributed by atoms with Gasteiger partial charge in [-0.15, -0.1) is 0 Å². The molecule has 4 nitrogen and oxygen atoms in total. The second kappa shape index (κ2) is 6.32. The monoisotopic (exact) mass is 361 g/mol. The average Bonchev–Trinajstić information content (AvgIpc) is 2.77. The predicted octanol–water partition coefficient (Wildman–Crippen LogP) is 4.18. The van der Waals surface area contributed by atoms with Gasteiger partial charge >= 0.3 is 6.18 Å². The largest absolute Gasteiger partial charge is 0.454 e. The first-order valence-corrected chi connectivity index (χ1v) is 8.47. The van der Waals surface area contributed by atoms with Crippen molar-refractivity contribution in [3.05, 3.63) is 53.6 Å². The number of hydrogen-bond donors (Lipinski definition) is 1. The van der Waals surface area contributed by atoms with E-state index in [0.29, 0.717) is 17.5 Å². The van der Waals surface area contributed by atoms with Crippen LogP contribution in [0.5, 0.6) is 11.5 Å². The predicted molar refractivity (Wildman–Crippen MR) is 93.2 cm³/mol. The van der Waals surface area contributed by atoms with Gasteiger partial charge in [-0.05, 0) is 37.3 Å². The Morgan fingerprint density at radius 3 is 2.73 bits per heavy atom. The van der Waals surface area contributed by atoms with Gasteiger partial charge < -0.3 is 15.0 Å². The number of alkyl halides is 3. The molecule has 0 radical (unpaired) electrons. The molecule has 0 spiro atoms. The smallest absolute Gasteiger partial charge is 0.416 e. The van der Waals surface area contributed by atoms with Crippen molar-refractivity contribution in [3.63, 3.8) is 0 Å². The molecule has 7 heteroatoms. The van der Waals surface area contributed by atoms with Gasteiger partial charge in [-0.1, -0.05) is 12.1 Å². The van der Waals surface area contributed by atoms with E-state index in [1.54, 1.807) is 12.1 Å². The molecule has 0 saturated carbocycles. The van der Waals surface area contributed by atoms with Crippen molar-refractivity contribution in [1.82, 2.24) is 10.2 Å². The van der Waals surface area contributed by atoms with Crippen LogP contribution in [-0.2, 0) is 6.18 Å². The number of hydrogen-bond acceptors (Lipinski definition) is 4. The quantitative estimate of drug-likeness (QED) is 0.765. The van der Waals surface area contributed by atoms with Crippen LogP contribution in [0.3, 0.4) is 0 Å². The normalized spacial score (nSPS) is 19.8. The molecular formula is C19H18F3N3O. The Morgan fingerprint density at radius 1 is 1.15 bits per heavy atom. The topological polar surface area (TPSA) is 36.9 Å². The number of ether oxygens (including phenoxy) is 1. The van der Waals surface area contributed by atoms with Crippen LogP contribution in [-0.4, -0.2) is 36.4 Å². The highest BCUT2D eigenvalue weighted by Crippen LogP contribution is 2.41. The Balaban J connectivity index is 1.83. The highest BCUT2D eigenvalue weighted by Gasteiger charge is 2.32. The minimum Gasteiger partial charge on any atom is -0.454 e. The molecule has 1 unspecified atom stereocenters. The molecular weight excluding hydrogens is 343 g/mol. The Bertz CT molecular complexity index is 863. The van der Waals surface area contributed by atoms with E-state index >= 15 is 0 Å². The molecule has 0 amide bonds. The van der Waals surface area contributed by atoms with E-state index < -0.39 is 11.7 Å². The Hall–Kier alpha value is -2.54. The average molecular weight is 361 g/mol. The molecule has 136 valence electrons. The first kappa shape index (κ1) is 16.9. The molecule has 2 aliphatic heterocycles. The van der Waals surface area contributed by atoms with E-state index in [1.807, 2.05) is 12.1 Å². The van der Waals surface area contributed by atoms with Crippen LogP contribution >= 0.6 is 0 Å². The fourth-order valence-electron chi connectivity index (χ4n) is 3.26. The summed E-state index contributed by atoms with van der Waals surface area (Å²) in [6.45, 7) is 4.45. The number of nitrogens with zero attached hydrogens (tertiary/aromatic N) is 2. The van der Waals surface area contributed by atoms with Crippen LogP contribution in [0.1, 0.15) is 18.1 Å². The van der Waals surface area contributed by atoms with Crippen molar-refractivity contribution in [1.29, 1.82) is 0 Å². The molecule has 0 bridgehead atoms. The number of para-hydroxylation sites is 1. The Kier molecular flexibility index (Phi) is 4.11. The summed E-state index contributed by atoms with van der Waals surface area (Å²) in [5.41, 5.74) is 0.435. The first-order chi connectivity index (χ1) is 12.4. The Morgan fingerprint density at radius 2 is 1.96 bits per heavy atom. The third-order valence-corrected chi connectivity index (χ3v) is 4.53. The summed E-state index contributed by atoms with van der Waals surface area (Å²) in [6, 6.07) is 11.0. The van der Waals surface area contributed by atoms with Crippen molar-refractivity contribution in [2.24, 2.45) is 4.99 Å². The number of amidine groups is 1. The van der Waals surface area contributed by atoms with Crippen molar-refractivity contribution in [3.8, 4) is 11.5 Å². The summed E-state index contributed by atoms with van der Waals surface area (Å²) in [7, 11) is 0. The fraction of sp³-hybridized carbons (Fsp3) is 0.316. The molecule has 26 heavy (non-hydrogen) atoms. The van der Waals surface area contributed by atoms with Crippen LogP contribution in [0.4, 0.5) is 18.9 Å². The lowest BCUT2D eigenvalue weighted by atomic mass is 10.1. The van der Waals surface area contributed by atoms with E-state index in [1.165, 1.54) is 6.07 Å². The molecule has 2 aliphatic rings. The minimum absolute atomic E-state index is 0.116. The first-order valence-electron chi connectivity index (χ1n) is 8.47. The molecule has 1 atom stereocenters. The molecule has 2 aromatic carbocycles. The van der Waals surface area contributed by atoms with E-state index in [4.69, 9.17) is 4.74 Å². The zero-order chi connectivity index (χ0) is 18.3. The van der Waals surface area contributed by atoms with Gasteiger partial charge in [0.05, 0.1) is 11.1 Å². The second-order valence-electron chi connectivity index (χ2n) is 6.52. The van der Waals surface area contributed by atoms with Gasteiger partial charge in [0, 0.05) is 25.7 Å².